The first kappa shape index (κ1) is 17.5. The number of sulfonamides is 1. The lowest BCUT2D eigenvalue weighted by Gasteiger charge is -2.10. The Morgan fingerprint density at radius 1 is 1.38 bits per heavy atom. The SMILES string of the molecule is Cc1c([N+](=O)[O-])cccc1S(=O)(=O)NCCCOC(C)C. The number of nitrogens with zero attached hydrogens (tertiary/aromatic N) is 1. The Labute approximate surface area is 124 Å². The van der Waals surface area contributed by atoms with Gasteiger partial charge in [0, 0.05) is 24.8 Å². The summed E-state index contributed by atoms with van der Waals surface area (Å²) in [5.41, 5.74) is -0.0746. The maximum atomic E-state index is 12.2. The second-order valence-corrected chi connectivity index (χ2v) is 6.56. The Morgan fingerprint density at radius 2 is 2.05 bits per heavy atom. The molecule has 118 valence electrons. The first-order valence-electron chi connectivity index (χ1n) is 6.61. The van der Waals surface area contributed by atoms with Crippen LogP contribution < -0.4 is 4.72 Å². The van der Waals surface area contributed by atoms with Crippen molar-refractivity contribution in [3.8, 4) is 0 Å². The Balaban J connectivity index is 2.75. The minimum atomic E-state index is -3.76. The quantitative estimate of drug-likeness (QED) is 0.449. The third kappa shape index (κ3) is 5.07. The van der Waals surface area contributed by atoms with Gasteiger partial charge in [-0.25, -0.2) is 13.1 Å². The molecule has 0 heterocycles. The first-order chi connectivity index (χ1) is 9.75. The Hall–Kier alpha value is -1.51. The molecule has 0 amide bonds. The van der Waals surface area contributed by atoms with Gasteiger partial charge in [-0.1, -0.05) is 6.07 Å². The molecular weight excluding hydrogens is 296 g/mol. The van der Waals surface area contributed by atoms with Gasteiger partial charge in [0.2, 0.25) is 10.0 Å². The number of benzene rings is 1. The summed E-state index contributed by atoms with van der Waals surface area (Å²) in [5.74, 6) is 0. The number of ether oxygens (including phenoxy) is 1. The van der Waals surface area contributed by atoms with Gasteiger partial charge in [-0.15, -0.1) is 0 Å². The van der Waals surface area contributed by atoms with Crippen molar-refractivity contribution in [2.75, 3.05) is 13.2 Å². The summed E-state index contributed by atoms with van der Waals surface area (Å²) >= 11 is 0. The average Bonchev–Trinajstić information content (AvgIpc) is 2.37. The van der Waals surface area contributed by atoms with Gasteiger partial charge in [-0.3, -0.25) is 10.1 Å². The molecule has 0 unspecified atom stereocenters. The van der Waals surface area contributed by atoms with Gasteiger partial charge in [0.1, 0.15) is 0 Å². The number of nitro benzene ring substituents is 1. The molecule has 8 heteroatoms. The zero-order chi connectivity index (χ0) is 16.0. The highest BCUT2D eigenvalue weighted by atomic mass is 32.2. The van der Waals surface area contributed by atoms with Crippen LogP contribution in [0.15, 0.2) is 23.1 Å². The molecule has 0 aliphatic carbocycles. The molecule has 1 aromatic carbocycles. The molecule has 1 N–H and O–H groups in total. The monoisotopic (exact) mass is 316 g/mol. The number of hydrogen-bond donors (Lipinski definition) is 1. The van der Waals surface area contributed by atoms with E-state index in [9.17, 15) is 18.5 Å². The zero-order valence-electron chi connectivity index (χ0n) is 12.3. The summed E-state index contributed by atoms with van der Waals surface area (Å²) in [6, 6.07) is 4.00. The molecule has 0 aromatic heterocycles. The zero-order valence-corrected chi connectivity index (χ0v) is 13.1. The van der Waals surface area contributed by atoms with Crippen LogP contribution in [0.1, 0.15) is 25.8 Å². The molecule has 0 bridgehead atoms. The van der Waals surface area contributed by atoms with E-state index >= 15 is 0 Å². The van der Waals surface area contributed by atoms with Crippen LogP contribution in [-0.4, -0.2) is 32.6 Å². The molecule has 0 fully saturated rings. The molecule has 0 spiro atoms. The minimum Gasteiger partial charge on any atom is -0.379 e. The lowest BCUT2D eigenvalue weighted by Crippen LogP contribution is -2.26. The molecule has 1 aromatic rings. The van der Waals surface area contributed by atoms with Crippen LogP contribution in [0.2, 0.25) is 0 Å². The lowest BCUT2D eigenvalue weighted by molar-refractivity contribution is -0.385. The second kappa shape index (κ2) is 7.48. The van der Waals surface area contributed by atoms with Crippen LogP contribution in [0, 0.1) is 17.0 Å². The van der Waals surface area contributed by atoms with Crippen molar-refractivity contribution in [1.29, 1.82) is 0 Å². The van der Waals surface area contributed by atoms with Crippen molar-refractivity contribution in [2.24, 2.45) is 0 Å². The summed E-state index contributed by atoms with van der Waals surface area (Å²) in [5, 5.41) is 10.8. The van der Waals surface area contributed by atoms with Crippen molar-refractivity contribution < 1.29 is 18.1 Å². The second-order valence-electron chi connectivity index (χ2n) is 4.83. The topological polar surface area (TPSA) is 98.5 Å². The van der Waals surface area contributed by atoms with Gasteiger partial charge in [0.25, 0.3) is 5.69 Å². The van der Waals surface area contributed by atoms with E-state index in [4.69, 9.17) is 4.74 Å². The molecule has 0 radical (unpaired) electrons. The van der Waals surface area contributed by atoms with Crippen molar-refractivity contribution in [2.45, 2.75) is 38.2 Å². The summed E-state index contributed by atoms with van der Waals surface area (Å²) in [4.78, 5) is 10.2. The standard InChI is InChI=1S/C13H20N2O5S/c1-10(2)20-9-5-8-14-21(18,19)13-7-4-6-12(11(13)3)15(16)17/h4,6-7,10,14H,5,8-9H2,1-3H3. The van der Waals surface area contributed by atoms with E-state index in [1.54, 1.807) is 0 Å². The molecule has 0 atom stereocenters. The van der Waals surface area contributed by atoms with Gasteiger partial charge in [-0.2, -0.15) is 0 Å². The lowest BCUT2D eigenvalue weighted by atomic mass is 10.2. The fraction of sp³-hybridized carbons (Fsp3) is 0.538. The third-order valence-corrected chi connectivity index (χ3v) is 4.41. The number of nitrogens with one attached hydrogen (secondary N) is 1. The van der Waals surface area contributed by atoms with Crippen molar-refractivity contribution in [1.82, 2.24) is 4.72 Å². The van der Waals surface area contributed by atoms with Gasteiger partial charge < -0.3 is 4.74 Å². The fourth-order valence-corrected chi connectivity index (χ4v) is 3.10. The largest absolute Gasteiger partial charge is 0.379 e. The van der Waals surface area contributed by atoms with Gasteiger partial charge >= 0.3 is 0 Å². The number of nitro groups is 1. The van der Waals surface area contributed by atoms with Crippen molar-refractivity contribution >= 4 is 15.7 Å². The highest BCUT2D eigenvalue weighted by Gasteiger charge is 2.22. The van der Waals surface area contributed by atoms with E-state index in [2.05, 4.69) is 4.72 Å². The number of rotatable bonds is 8. The molecule has 7 nitrogen and oxygen atoms in total. The van der Waals surface area contributed by atoms with Gasteiger partial charge in [0.15, 0.2) is 0 Å². The molecule has 21 heavy (non-hydrogen) atoms. The van der Waals surface area contributed by atoms with E-state index in [1.165, 1.54) is 25.1 Å². The number of hydrogen-bond acceptors (Lipinski definition) is 5. The summed E-state index contributed by atoms with van der Waals surface area (Å²) in [7, 11) is -3.76. The van der Waals surface area contributed by atoms with Crippen LogP contribution in [0.4, 0.5) is 5.69 Å². The normalized spacial score (nSPS) is 11.8. The van der Waals surface area contributed by atoms with Crippen LogP contribution >= 0.6 is 0 Å². The van der Waals surface area contributed by atoms with E-state index in [0.717, 1.165) is 0 Å². The summed E-state index contributed by atoms with van der Waals surface area (Å²) in [6.45, 7) is 5.90. The maximum absolute atomic E-state index is 12.2. The first-order valence-corrected chi connectivity index (χ1v) is 8.09. The fourth-order valence-electron chi connectivity index (χ4n) is 1.77. The molecule has 0 saturated carbocycles. The predicted octanol–water partition coefficient (Wildman–Crippen LogP) is 2.00. The molecular formula is C13H20N2O5S. The highest BCUT2D eigenvalue weighted by Crippen LogP contribution is 2.24. The molecule has 0 saturated heterocycles. The third-order valence-electron chi connectivity index (χ3n) is 2.81. The van der Waals surface area contributed by atoms with E-state index in [0.29, 0.717) is 13.0 Å². The molecule has 1 rings (SSSR count). The van der Waals surface area contributed by atoms with Crippen LogP contribution in [0.5, 0.6) is 0 Å². The van der Waals surface area contributed by atoms with Gasteiger partial charge in [-0.05, 0) is 33.3 Å². The highest BCUT2D eigenvalue weighted by molar-refractivity contribution is 7.89. The van der Waals surface area contributed by atoms with Crippen LogP contribution in [-0.2, 0) is 14.8 Å². The van der Waals surface area contributed by atoms with E-state index in [-0.39, 0.29) is 28.8 Å². The predicted molar refractivity (Wildman–Crippen MR) is 78.7 cm³/mol. The van der Waals surface area contributed by atoms with E-state index in [1.807, 2.05) is 13.8 Å². The molecule has 0 aliphatic heterocycles. The smallest absolute Gasteiger partial charge is 0.273 e. The Kier molecular flexibility index (Phi) is 6.25. The Bertz CT molecular complexity index is 599. The van der Waals surface area contributed by atoms with Crippen LogP contribution in [0.3, 0.4) is 0 Å². The van der Waals surface area contributed by atoms with Crippen LogP contribution in [0.25, 0.3) is 0 Å². The summed E-state index contributed by atoms with van der Waals surface area (Å²) < 4.78 is 32.0. The average molecular weight is 316 g/mol. The van der Waals surface area contributed by atoms with Crippen molar-refractivity contribution in [3.05, 3.63) is 33.9 Å². The van der Waals surface area contributed by atoms with E-state index < -0.39 is 14.9 Å². The molecule has 0 aliphatic rings. The summed E-state index contributed by atoms with van der Waals surface area (Å²) in [6.07, 6.45) is 0.631. The van der Waals surface area contributed by atoms with Gasteiger partial charge in [0.05, 0.1) is 15.9 Å². The Morgan fingerprint density at radius 3 is 2.62 bits per heavy atom. The maximum Gasteiger partial charge on any atom is 0.273 e. The minimum absolute atomic E-state index is 0.0681. The van der Waals surface area contributed by atoms with Crippen molar-refractivity contribution in [3.63, 3.8) is 0 Å².